The van der Waals surface area contributed by atoms with Gasteiger partial charge in [-0.05, 0) is 61.1 Å². The number of aryl methyl sites for hydroxylation is 1. The molecule has 2 aromatic heterocycles. The topological polar surface area (TPSA) is 84.7 Å². The summed E-state index contributed by atoms with van der Waals surface area (Å²) in [5, 5.41) is 3.25. The van der Waals surface area contributed by atoms with Gasteiger partial charge in [-0.3, -0.25) is 14.2 Å². The molecule has 0 aliphatic rings. The number of imidazole rings is 1. The summed E-state index contributed by atoms with van der Waals surface area (Å²) in [6.07, 6.45) is 6.07. The highest BCUT2D eigenvalue weighted by Gasteiger charge is 2.11. The first-order valence-electron chi connectivity index (χ1n) is 9.32. The quantitative estimate of drug-likeness (QED) is 0.368. The van der Waals surface area contributed by atoms with Gasteiger partial charge in [-0.15, -0.1) is 0 Å². The molecule has 9 heteroatoms. The summed E-state index contributed by atoms with van der Waals surface area (Å²) in [5.41, 5.74) is 1.01. The first-order chi connectivity index (χ1) is 14.5. The van der Waals surface area contributed by atoms with Crippen molar-refractivity contribution in [1.29, 1.82) is 0 Å². The number of halogens is 1. The lowest BCUT2D eigenvalue weighted by Gasteiger charge is -2.10. The average molecular weight is 423 g/mol. The van der Waals surface area contributed by atoms with E-state index in [0.29, 0.717) is 28.7 Å². The summed E-state index contributed by atoms with van der Waals surface area (Å²) >= 11 is 5.32. The Hall–Kier alpha value is -3.59. The Bertz CT molecular complexity index is 1310. The molecule has 0 radical (unpaired) electrons. The molecule has 0 saturated heterocycles. The van der Waals surface area contributed by atoms with E-state index in [1.807, 2.05) is 10.8 Å². The van der Waals surface area contributed by atoms with Crippen LogP contribution in [0.15, 0.2) is 66.0 Å². The minimum absolute atomic E-state index is 0.164. The van der Waals surface area contributed by atoms with Gasteiger partial charge in [-0.2, -0.15) is 0 Å². The molecular formula is C21H18FN5O2S. The van der Waals surface area contributed by atoms with Gasteiger partial charge in [-0.1, -0.05) is 0 Å². The van der Waals surface area contributed by atoms with Crippen LogP contribution in [0.1, 0.15) is 16.8 Å². The van der Waals surface area contributed by atoms with Gasteiger partial charge < -0.3 is 14.9 Å². The van der Waals surface area contributed by atoms with Gasteiger partial charge in [0.05, 0.1) is 22.9 Å². The third kappa shape index (κ3) is 4.06. The fraction of sp³-hybridized carbons (Fsp3) is 0.143. The molecule has 0 atom stereocenters. The van der Waals surface area contributed by atoms with E-state index < -0.39 is 5.82 Å². The zero-order chi connectivity index (χ0) is 21.1. The van der Waals surface area contributed by atoms with Crippen molar-refractivity contribution in [3.8, 4) is 5.69 Å². The van der Waals surface area contributed by atoms with E-state index in [4.69, 9.17) is 12.2 Å². The zero-order valence-electron chi connectivity index (χ0n) is 15.8. The predicted molar refractivity (Wildman–Crippen MR) is 114 cm³/mol. The summed E-state index contributed by atoms with van der Waals surface area (Å²) in [6, 6.07) is 10.3. The first kappa shape index (κ1) is 19.7. The number of hydrogen-bond acceptors (Lipinski definition) is 4. The molecule has 4 aromatic rings. The van der Waals surface area contributed by atoms with E-state index in [9.17, 15) is 14.0 Å². The molecule has 2 aromatic carbocycles. The highest BCUT2D eigenvalue weighted by molar-refractivity contribution is 7.71. The van der Waals surface area contributed by atoms with Gasteiger partial charge in [0, 0.05) is 31.0 Å². The smallest absolute Gasteiger partial charge is 0.266 e. The fourth-order valence-corrected chi connectivity index (χ4v) is 3.47. The van der Waals surface area contributed by atoms with E-state index >= 15 is 0 Å². The van der Waals surface area contributed by atoms with E-state index in [1.54, 1.807) is 30.7 Å². The molecule has 0 unspecified atom stereocenters. The molecule has 30 heavy (non-hydrogen) atoms. The molecule has 0 fully saturated rings. The van der Waals surface area contributed by atoms with Crippen molar-refractivity contribution < 1.29 is 9.18 Å². The molecule has 0 bridgehead atoms. The van der Waals surface area contributed by atoms with E-state index in [2.05, 4.69) is 15.3 Å². The monoisotopic (exact) mass is 423 g/mol. The van der Waals surface area contributed by atoms with Crippen LogP contribution in [0, 0.1) is 10.6 Å². The van der Waals surface area contributed by atoms with Crippen molar-refractivity contribution >= 4 is 29.0 Å². The summed E-state index contributed by atoms with van der Waals surface area (Å²) in [4.78, 5) is 32.3. The average Bonchev–Trinajstić information content (AvgIpc) is 3.25. The molecule has 0 saturated carbocycles. The molecular weight excluding hydrogens is 405 g/mol. The third-order valence-corrected chi connectivity index (χ3v) is 4.97. The van der Waals surface area contributed by atoms with Gasteiger partial charge >= 0.3 is 0 Å². The number of carbonyl (C=O) groups is 1. The Morgan fingerprint density at radius 2 is 2.00 bits per heavy atom. The zero-order valence-corrected chi connectivity index (χ0v) is 16.7. The summed E-state index contributed by atoms with van der Waals surface area (Å²) in [6.45, 7) is 1.27. The first-order valence-corrected chi connectivity index (χ1v) is 9.73. The molecule has 2 heterocycles. The fourth-order valence-electron chi connectivity index (χ4n) is 3.17. The maximum atomic E-state index is 13.2. The number of amides is 1. The highest BCUT2D eigenvalue weighted by atomic mass is 32.1. The molecule has 0 spiro atoms. The van der Waals surface area contributed by atoms with Gasteiger partial charge in [0.1, 0.15) is 5.82 Å². The number of rotatable bonds is 6. The maximum Gasteiger partial charge on any atom is 0.266 e. The Balaban J connectivity index is 1.55. The third-order valence-electron chi connectivity index (χ3n) is 4.68. The van der Waals surface area contributed by atoms with Crippen LogP contribution in [-0.2, 0) is 6.54 Å². The van der Waals surface area contributed by atoms with Crippen molar-refractivity contribution in [3.63, 3.8) is 0 Å². The van der Waals surface area contributed by atoms with Gasteiger partial charge in [0.2, 0.25) is 0 Å². The number of nitrogens with zero attached hydrogens (tertiary/aromatic N) is 3. The van der Waals surface area contributed by atoms with Crippen LogP contribution in [-0.4, -0.2) is 31.6 Å². The number of H-pyrrole nitrogens is 1. The van der Waals surface area contributed by atoms with Crippen LogP contribution < -0.4 is 10.9 Å². The lowest BCUT2D eigenvalue weighted by Crippen LogP contribution is -2.25. The minimum Gasteiger partial charge on any atom is -0.352 e. The van der Waals surface area contributed by atoms with Crippen LogP contribution in [0.4, 0.5) is 4.39 Å². The largest absolute Gasteiger partial charge is 0.352 e. The number of nitrogens with one attached hydrogen (secondary N) is 2. The minimum atomic E-state index is -0.400. The lowest BCUT2D eigenvalue weighted by molar-refractivity contribution is 0.0953. The molecule has 152 valence electrons. The van der Waals surface area contributed by atoms with Crippen LogP contribution in [0.2, 0.25) is 0 Å². The van der Waals surface area contributed by atoms with E-state index in [-0.39, 0.29) is 16.2 Å². The number of benzene rings is 2. The second-order valence-electron chi connectivity index (χ2n) is 6.72. The van der Waals surface area contributed by atoms with Crippen molar-refractivity contribution in [2.75, 3.05) is 6.54 Å². The number of aromatic nitrogens is 4. The van der Waals surface area contributed by atoms with Crippen molar-refractivity contribution in [1.82, 2.24) is 24.4 Å². The van der Waals surface area contributed by atoms with Crippen LogP contribution >= 0.6 is 12.2 Å². The summed E-state index contributed by atoms with van der Waals surface area (Å²) < 4.78 is 16.6. The molecule has 0 aliphatic carbocycles. The highest BCUT2D eigenvalue weighted by Crippen LogP contribution is 2.14. The van der Waals surface area contributed by atoms with Crippen molar-refractivity contribution in [3.05, 3.63) is 87.7 Å². The normalized spacial score (nSPS) is 11.0. The Kier molecular flexibility index (Phi) is 5.53. The molecule has 4 rings (SSSR count). The van der Waals surface area contributed by atoms with Crippen LogP contribution in [0.25, 0.3) is 16.6 Å². The van der Waals surface area contributed by atoms with Gasteiger partial charge in [0.25, 0.3) is 11.5 Å². The Labute approximate surface area is 175 Å². The Morgan fingerprint density at radius 1 is 1.20 bits per heavy atom. The molecule has 7 nitrogen and oxygen atoms in total. The number of hydrogen-bond donors (Lipinski definition) is 2. The second-order valence-corrected chi connectivity index (χ2v) is 7.10. The van der Waals surface area contributed by atoms with Crippen molar-refractivity contribution in [2.24, 2.45) is 0 Å². The molecule has 1 amide bonds. The Morgan fingerprint density at radius 3 is 2.73 bits per heavy atom. The predicted octanol–water partition coefficient (Wildman–Crippen LogP) is 3.20. The summed E-state index contributed by atoms with van der Waals surface area (Å²) in [5.74, 6) is -0.632. The maximum absolute atomic E-state index is 13.2. The van der Waals surface area contributed by atoms with Crippen molar-refractivity contribution in [2.45, 2.75) is 13.0 Å². The number of fused-ring (bicyclic) bond motifs is 1. The second kappa shape index (κ2) is 8.42. The molecule has 0 aliphatic heterocycles. The SMILES string of the molecule is O=C(NCCCn1ccnc1)c1ccc2c(=O)n(-c3ccc(F)cc3)c(=S)[nH]c2c1. The summed E-state index contributed by atoms with van der Waals surface area (Å²) in [7, 11) is 0. The van der Waals surface area contributed by atoms with E-state index in [0.717, 1.165) is 13.0 Å². The standard InChI is InChI=1S/C21H18FN5O2S/c22-15-3-5-16(6-4-15)27-20(29)17-7-2-14(12-18(17)25-21(27)30)19(28)24-8-1-10-26-11-9-23-13-26/h2-7,9,11-13H,1,8,10H2,(H,24,28)(H,25,30). The number of aromatic amines is 1. The van der Waals surface area contributed by atoms with Crippen LogP contribution in [0.5, 0.6) is 0 Å². The van der Waals surface area contributed by atoms with Gasteiger partial charge in [0.15, 0.2) is 4.77 Å². The number of carbonyl (C=O) groups excluding carboxylic acids is 1. The molecule has 2 N–H and O–H groups in total. The lowest BCUT2D eigenvalue weighted by atomic mass is 10.1. The van der Waals surface area contributed by atoms with Crippen LogP contribution in [0.3, 0.4) is 0 Å². The van der Waals surface area contributed by atoms with E-state index in [1.165, 1.54) is 28.8 Å². The van der Waals surface area contributed by atoms with Gasteiger partial charge in [-0.25, -0.2) is 9.37 Å².